The fraction of sp³-hybridized carbons (Fsp3) is 0.516. The molecule has 1 aromatic carbocycles. The molecule has 1 saturated heterocycles. The van der Waals surface area contributed by atoms with Crippen LogP contribution in [0.2, 0.25) is 0 Å². The van der Waals surface area contributed by atoms with Crippen LogP contribution in [-0.4, -0.2) is 48.1 Å². The number of fused-ring (bicyclic) bond motifs is 5. The highest BCUT2D eigenvalue weighted by Gasteiger charge is 2.60. The Kier molecular flexibility index (Phi) is 6.91. The van der Waals surface area contributed by atoms with Gasteiger partial charge in [-0.3, -0.25) is 9.59 Å². The molecule has 206 valence electrons. The van der Waals surface area contributed by atoms with E-state index in [4.69, 9.17) is 4.74 Å². The summed E-state index contributed by atoms with van der Waals surface area (Å²) in [5, 5.41) is 13.0. The number of carbonyl (C=O) groups is 2. The van der Waals surface area contributed by atoms with Crippen LogP contribution in [0.15, 0.2) is 48.4 Å². The first kappa shape index (κ1) is 26.0. The Labute approximate surface area is 228 Å². The Balaban J connectivity index is 1.17. The SMILES string of the molecule is C[C@]12CCC3c4cccc(F)c4CCC3C1[C@H](CCC(=O)Nc1ccc(N3CCOCC3)cn1)/C(=C/O)C2=O. The van der Waals surface area contributed by atoms with Crippen LogP contribution in [-0.2, 0) is 20.7 Å². The molecule has 2 heterocycles. The van der Waals surface area contributed by atoms with Gasteiger partial charge in [-0.1, -0.05) is 19.1 Å². The summed E-state index contributed by atoms with van der Waals surface area (Å²) in [6.45, 7) is 5.04. The van der Waals surface area contributed by atoms with Gasteiger partial charge in [0.15, 0.2) is 5.78 Å². The van der Waals surface area contributed by atoms with Gasteiger partial charge in [-0.15, -0.1) is 0 Å². The average molecular weight is 534 g/mol. The lowest BCUT2D eigenvalue weighted by atomic mass is 9.54. The molecule has 4 aliphatic rings. The van der Waals surface area contributed by atoms with Gasteiger partial charge in [0, 0.05) is 30.5 Å². The first-order valence-corrected chi connectivity index (χ1v) is 14.2. The molecule has 3 fully saturated rings. The van der Waals surface area contributed by atoms with Crippen LogP contribution in [0.1, 0.15) is 56.1 Å². The molecule has 2 aromatic rings. The molecule has 7 nitrogen and oxygen atoms in total. The predicted octanol–water partition coefficient (Wildman–Crippen LogP) is 5.18. The van der Waals surface area contributed by atoms with Crippen molar-refractivity contribution in [2.75, 3.05) is 36.5 Å². The highest BCUT2D eigenvalue weighted by molar-refractivity contribution is 6.03. The van der Waals surface area contributed by atoms with E-state index in [-0.39, 0.29) is 47.6 Å². The Hall–Kier alpha value is -3.26. The van der Waals surface area contributed by atoms with Crippen LogP contribution in [0.3, 0.4) is 0 Å². The summed E-state index contributed by atoms with van der Waals surface area (Å²) in [7, 11) is 0. The summed E-state index contributed by atoms with van der Waals surface area (Å²) >= 11 is 0. The van der Waals surface area contributed by atoms with Crippen molar-refractivity contribution in [1.29, 1.82) is 0 Å². The van der Waals surface area contributed by atoms with E-state index in [1.165, 1.54) is 6.07 Å². The number of hydrogen-bond donors (Lipinski definition) is 2. The largest absolute Gasteiger partial charge is 0.515 e. The fourth-order valence-electron chi connectivity index (χ4n) is 7.97. The van der Waals surface area contributed by atoms with Crippen molar-refractivity contribution in [2.45, 2.75) is 51.4 Å². The van der Waals surface area contributed by atoms with E-state index in [2.05, 4.69) is 15.2 Å². The maximum Gasteiger partial charge on any atom is 0.225 e. The van der Waals surface area contributed by atoms with Crippen LogP contribution in [0.5, 0.6) is 0 Å². The second-order valence-corrected chi connectivity index (χ2v) is 11.7. The standard InChI is InChI=1S/C31H36FN3O4/c1-31-12-11-21-20-3-2-4-26(32)22(20)6-7-23(21)29(31)24(25(18-36)30(31)38)8-10-28(37)34-27-9-5-19(17-33-27)35-13-15-39-16-14-35/h2-5,9,17-18,21,23-24,29,36H,6-8,10-16H2,1H3,(H,33,34,37)/b25-18-/t21?,23?,24-,29?,31+/m1/s1. The third-order valence-electron chi connectivity index (χ3n) is 9.80. The van der Waals surface area contributed by atoms with Gasteiger partial charge in [-0.05, 0) is 85.1 Å². The summed E-state index contributed by atoms with van der Waals surface area (Å²) in [6, 6.07) is 9.11. The molecular formula is C31H36FN3O4. The number of benzene rings is 1. The van der Waals surface area contributed by atoms with Gasteiger partial charge in [0.2, 0.25) is 5.91 Å². The number of pyridine rings is 1. The van der Waals surface area contributed by atoms with Gasteiger partial charge in [-0.2, -0.15) is 0 Å². The van der Waals surface area contributed by atoms with E-state index >= 15 is 0 Å². The lowest BCUT2D eigenvalue weighted by Gasteiger charge is -2.49. The summed E-state index contributed by atoms with van der Waals surface area (Å²) in [5.74, 6) is 0.395. The van der Waals surface area contributed by atoms with Crippen molar-refractivity contribution in [3.8, 4) is 0 Å². The number of ketones is 1. The Morgan fingerprint density at radius 1 is 1.26 bits per heavy atom. The zero-order chi connectivity index (χ0) is 27.1. The molecule has 1 aliphatic heterocycles. The second-order valence-electron chi connectivity index (χ2n) is 11.7. The molecule has 3 unspecified atom stereocenters. The first-order chi connectivity index (χ1) is 18.9. The molecule has 0 radical (unpaired) electrons. The number of rotatable bonds is 5. The number of allylic oxidation sites excluding steroid dienone is 1. The number of hydrogen-bond acceptors (Lipinski definition) is 6. The van der Waals surface area contributed by atoms with Gasteiger partial charge in [0.25, 0.3) is 0 Å². The number of amides is 1. The maximum atomic E-state index is 14.6. The van der Waals surface area contributed by atoms with E-state index in [9.17, 15) is 19.1 Å². The number of Topliss-reactive ketones (excluding diaryl/α,β-unsaturated/α-hetero) is 1. The van der Waals surface area contributed by atoms with E-state index in [0.717, 1.165) is 49.0 Å². The molecule has 1 aromatic heterocycles. The second kappa shape index (κ2) is 10.4. The number of nitrogens with zero attached hydrogens (tertiary/aromatic N) is 2. The molecule has 3 aliphatic carbocycles. The van der Waals surface area contributed by atoms with Crippen LogP contribution < -0.4 is 10.2 Å². The molecule has 2 saturated carbocycles. The Morgan fingerprint density at radius 2 is 2.08 bits per heavy atom. The maximum absolute atomic E-state index is 14.6. The minimum absolute atomic E-state index is 0.00395. The molecule has 0 bridgehead atoms. The van der Waals surface area contributed by atoms with Gasteiger partial charge in [0.05, 0.1) is 31.4 Å². The van der Waals surface area contributed by atoms with E-state index in [0.29, 0.717) is 43.9 Å². The Bertz CT molecular complexity index is 1290. The molecular weight excluding hydrogens is 497 g/mol. The summed E-state index contributed by atoms with van der Waals surface area (Å²) < 4.78 is 20.0. The molecule has 2 N–H and O–H groups in total. The summed E-state index contributed by atoms with van der Waals surface area (Å²) in [5.41, 5.74) is 2.75. The van der Waals surface area contributed by atoms with Crippen molar-refractivity contribution in [2.24, 2.45) is 23.2 Å². The predicted molar refractivity (Wildman–Crippen MR) is 146 cm³/mol. The number of carbonyl (C=O) groups excluding carboxylic acids is 2. The number of ether oxygens (including phenoxy) is 1. The van der Waals surface area contributed by atoms with Crippen molar-refractivity contribution in [3.05, 3.63) is 65.3 Å². The lowest BCUT2D eigenvalue weighted by molar-refractivity contribution is -0.127. The van der Waals surface area contributed by atoms with E-state index in [1.807, 2.05) is 25.1 Å². The number of aliphatic hydroxyl groups is 1. The number of morpholine rings is 1. The zero-order valence-corrected chi connectivity index (χ0v) is 22.4. The number of aliphatic hydroxyl groups excluding tert-OH is 1. The highest BCUT2D eigenvalue weighted by atomic mass is 19.1. The molecule has 39 heavy (non-hydrogen) atoms. The minimum Gasteiger partial charge on any atom is -0.515 e. The smallest absolute Gasteiger partial charge is 0.225 e. The molecule has 8 heteroatoms. The monoisotopic (exact) mass is 533 g/mol. The molecule has 0 spiro atoms. The van der Waals surface area contributed by atoms with Crippen LogP contribution in [0, 0.1) is 29.0 Å². The summed E-state index contributed by atoms with van der Waals surface area (Å²) in [4.78, 5) is 33.2. The Morgan fingerprint density at radius 3 is 2.82 bits per heavy atom. The third kappa shape index (κ3) is 4.52. The zero-order valence-electron chi connectivity index (χ0n) is 22.4. The van der Waals surface area contributed by atoms with Crippen LogP contribution in [0.4, 0.5) is 15.9 Å². The van der Waals surface area contributed by atoms with Crippen molar-refractivity contribution in [1.82, 2.24) is 4.98 Å². The lowest BCUT2D eigenvalue weighted by Crippen LogP contribution is -2.44. The number of nitrogens with one attached hydrogen (secondary N) is 1. The van der Waals surface area contributed by atoms with Crippen LogP contribution >= 0.6 is 0 Å². The van der Waals surface area contributed by atoms with Crippen molar-refractivity contribution >= 4 is 23.2 Å². The van der Waals surface area contributed by atoms with Crippen molar-refractivity contribution in [3.63, 3.8) is 0 Å². The van der Waals surface area contributed by atoms with Crippen molar-refractivity contribution < 1.29 is 23.8 Å². The van der Waals surface area contributed by atoms with Gasteiger partial charge >= 0.3 is 0 Å². The minimum atomic E-state index is -0.571. The fourth-order valence-corrected chi connectivity index (χ4v) is 7.97. The van der Waals surface area contributed by atoms with E-state index < -0.39 is 5.41 Å². The quantitative estimate of drug-likeness (QED) is 0.407. The van der Waals surface area contributed by atoms with Gasteiger partial charge in [0.1, 0.15) is 11.6 Å². The molecule has 6 rings (SSSR count). The van der Waals surface area contributed by atoms with Gasteiger partial charge < -0.3 is 20.1 Å². The highest BCUT2D eigenvalue weighted by Crippen LogP contribution is 2.63. The normalized spacial score (nSPS) is 31.0. The van der Waals surface area contributed by atoms with Crippen LogP contribution in [0.25, 0.3) is 0 Å². The topological polar surface area (TPSA) is 91.8 Å². The molecule has 1 amide bonds. The number of halogens is 1. The average Bonchev–Trinajstić information content (AvgIpc) is 3.18. The number of aromatic nitrogens is 1. The summed E-state index contributed by atoms with van der Waals surface area (Å²) in [6.07, 6.45) is 6.43. The molecule has 5 atom stereocenters. The first-order valence-electron chi connectivity index (χ1n) is 14.2. The third-order valence-corrected chi connectivity index (χ3v) is 9.80. The van der Waals surface area contributed by atoms with Gasteiger partial charge in [-0.25, -0.2) is 9.37 Å². The van der Waals surface area contributed by atoms with E-state index in [1.54, 1.807) is 12.3 Å². The number of anilines is 2.